The maximum atomic E-state index is 12.3. The molecular formula is C23H24BrN3O4. The first-order valence-corrected chi connectivity index (χ1v) is 10.4. The van der Waals surface area contributed by atoms with Crippen molar-refractivity contribution in [1.82, 2.24) is 5.43 Å². The third-order valence-corrected chi connectivity index (χ3v) is 4.91. The van der Waals surface area contributed by atoms with Crippen molar-refractivity contribution < 1.29 is 19.0 Å². The second-order valence-corrected chi connectivity index (χ2v) is 7.35. The summed E-state index contributed by atoms with van der Waals surface area (Å²) in [7, 11) is 3.11. The van der Waals surface area contributed by atoms with Gasteiger partial charge in [0.15, 0.2) is 18.1 Å². The van der Waals surface area contributed by atoms with Crippen molar-refractivity contribution in [3.63, 3.8) is 0 Å². The van der Waals surface area contributed by atoms with Crippen molar-refractivity contribution >= 4 is 33.2 Å². The number of hydrogen-bond donors (Lipinski definition) is 3. The lowest BCUT2D eigenvalue weighted by molar-refractivity contribution is -0.118. The van der Waals surface area contributed by atoms with Crippen LogP contribution in [0.3, 0.4) is 0 Å². The third kappa shape index (κ3) is 6.37. The van der Waals surface area contributed by atoms with Gasteiger partial charge in [0.1, 0.15) is 5.75 Å². The molecule has 8 heteroatoms. The van der Waals surface area contributed by atoms with E-state index in [1.54, 1.807) is 26.4 Å². The minimum atomic E-state index is -0.309. The van der Waals surface area contributed by atoms with Crippen LogP contribution < -0.4 is 30.4 Å². The molecule has 0 heterocycles. The van der Waals surface area contributed by atoms with Crippen LogP contribution in [0.15, 0.2) is 71.2 Å². The average Bonchev–Trinajstić information content (AvgIpc) is 2.79. The molecule has 3 N–H and O–H groups in total. The van der Waals surface area contributed by atoms with E-state index in [0.29, 0.717) is 34.0 Å². The fraction of sp³-hybridized carbons (Fsp3) is 0.174. The maximum Gasteiger partial charge on any atom is 0.262 e. The zero-order valence-corrected chi connectivity index (χ0v) is 18.9. The highest BCUT2D eigenvalue weighted by molar-refractivity contribution is 9.10. The molecule has 0 aliphatic carbocycles. The van der Waals surface area contributed by atoms with Gasteiger partial charge in [-0.05, 0) is 57.9 Å². The summed E-state index contributed by atoms with van der Waals surface area (Å²) in [6.07, 6.45) is 0. The van der Waals surface area contributed by atoms with Crippen molar-refractivity contribution in [2.24, 2.45) is 0 Å². The number of amides is 1. The van der Waals surface area contributed by atoms with Gasteiger partial charge in [-0.15, -0.1) is 0 Å². The molecule has 7 nitrogen and oxygen atoms in total. The summed E-state index contributed by atoms with van der Waals surface area (Å²) in [4.78, 5) is 12.3. The number of hydrogen-bond acceptors (Lipinski definition) is 6. The van der Waals surface area contributed by atoms with Crippen LogP contribution in [0.2, 0.25) is 0 Å². The molecule has 0 aliphatic heterocycles. The van der Waals surface area contributed by atoms with Crippen LogP contribution in [0, 0.1) is 0 Å². The lowest BCUT2D eigenvalue weighted by Gasteiger charge is -2.15. The molecule has 0 saturated heterocycles. The van der Waals surface area contributed by atoms with Gasteiger partial charge in [-0.2, -0.15) is 0 Å². The number of carbonyl (C=O) groups is 1. The first-order valence-electron chi connectivity index (χ1n) is 9.56. The van der Waals surface area contributed by atoms with E-state index < -0.39 is 0 Å². The zero-order chi connectivity index (χ0) is 22.1. The zero-order valence-electron chi connectivity index (χ0n) is 17.3. The van der Waals surface area contributed by atoms with Gasteiger partial charge in [-0.1, -0.05) is 30.3 Å². The van der Waals surface area contributed by atoms with Crippen LogP contribution in [-0.2, 0) is 11.3 Å². The largest absolute Gasteiger partial charge is 0.495 e. The van der Waals surface area contributed by atoms with Gasteiger partial charge < -0.3 is 25.0 Å². The number of anilines is 2. The van der Waals surface area contributed by atoms with Gasteiger partial charge in [-0.25, -0.2) is 5.43 Å². The first-order chi connectivity index (χ1) is 15.1. The minimum Gasteiger partial charge on any atom is -0.495 e. The smallest absolute Gasteiger partial charge is 0.262 e. The van der Waals surface area contributed by atoms with Gasteiger partial charge in [0, 0.05) is 12.2 Å². The monoisotopic (exact) mass is 485 g/mol. The standard InChI is InChI=1S/C23H24BrN3O4/c1-29-20-11-7-6-10-19(20)26-22(28)15-31-23-18(24)12-16(13-21(23)30-2)14-25-27-17-8-4-3-5-9-17/h3-13,25,27H,14-15H2,1-2H3,(H,26,28). The van der Waals surface area contributed by atoms with Crippen molar-refractivity contribution in [3.8, 4) is 17.2 Å². The predicted octanol–water partition coefficient (Wildman–Crippen LogP) is 4.60. The number of rotatable bonds is 10. The SMILES string of the molecule is COc1ccccc1NC(=O)COc1c(Br)cc(CNNc2ccccc2)cc1OC. The molecule has 0 bridgehead atoms. The molecule has 0 atom stereocenters. The Labute approximate surface area is 189 Å². The summed E-state index contributed by atoms with van der Waals surface area (Å²) in [5.74, 6) is 1.25. The highest BCUT2D eigenvalue weighted by Gasteiger charge is 2.14. The summed E-state index contributed by atoms with van der Waals surface area (Å²) in [5.41, 5.74) is 8.82. The van der Waals surface area contributed by atoms with E-state index in [4.69, 9.17) is 14.2 Å². The van der Waals surface area contributed by atoms with E-state index >= 15 is 0 Å². The molecule has 0 spiro atoms. The lowest BCUT2D eigenvalue weighted by Crippen LogP contribution is -2.21. The van der Waals surface area contributed by atoms with Crippen LogP contribution in [0.4, 0.5) is 11.4 Å². The van der Waals surface area contributed by atoms with E-state index in [1.807, 2.05) is 54.6 Å². The van der Waals surface area contributed by atoms with Gasteiger partial charge >= 0.3 is 0 Å². The van der Waals surface area contributed by atoms with Crippen LogP contribution in [0.25, 0.3) is 0 Å². The predicted molar refractivity (Wildman–Crippen MR) is 125 cm³/mol. The molecule has 3 rings (SSSR count). The molecule has 162 valence electrons. The van der Waals surface area contributed by atoms with Crippen molar-refractivity contribution in [2.45, 2.75) is 6.54 Å². The molecular weight excluding hydrogens is 462 g/mol. The molecule has 0 fully saturated rings. The molecule has 0 saturated carbocycles. The van der Waals surface area contributed by atoms with Crippen LogP contribution >= 0.6 is 15.9 Å². The normalized spacial score (nSPS) is 10.3. The Balaban J connectivity index is 1.60. The van der Waals surface area contributed by atoms with Gasteiger partial charge in [0.2, 0.25) is 0 Å². The summed E-state index contributed by atoms with van der Waals surface area (Å²) in [6.45, 7) is 0.374. The van der Waals surface area contributed by atoms with E-state index in [0.717, 1.165) is 11.3 Å². The van der Waals surface area contributed by atoms with Crippen LogP contribution in [0.5, 0.6) is 17.2 Å². The van der Waals surface area contributed by atoms with E-state index in [9.17, 15) is 4.79 Å². The molecule has 0 unspecified atom stereocenters. The Kier molecular flexibility index (Phi) is 8.14. The number of methoxy groups -OCH3 is 2. The van der Waals surface area contributed by atoms with Gasteiger partial charge in [-0.3, -0.25) is 4.79 Å². The van der Waals surface area contributed by atoms with Crippen molar-refractivity contribution in [1.29, 1.82) is 0 Å². The molecule has 31 heavy (non-hydrogen) atoms. The summed E-state index contributed by atoms with van der Waals surface area (Å²) in [6, 6.07) is 20.8. The molecule has 0 aliphatic rings. The highest BCUT2D eigenvalue weighted by atomic mass is 79.9. The number of benzene rings is 3. The van der Waals surface area contributed by atoms with Crippen LogP contribution in [0.1, 0.15) is 5.56 Å². The van der Waals surface area contributed by atoms with Gasteiger partial charge in [0.25, 0.3) is 5.91 Å². The molecule has 3 aromatic rings. The molecule has 3 aromatic carbocycles. The Morgan fingerprint density at radius 2 is 1.65 bits per heavy atom. The van der Waals surface area contributed by atoms with E-state index in [1.165, 1.54) is 0 Å². The van der Waals surface area contributed by atoms with E-state index in [2.05, 4.69) is 32.1 Å². The topological polar surface area (TPSA) is 80.9 Å². The Morgan fingerprint density at radius 1 is 0.935 bits per heavy atom. The summed E-state index contributed by atoms with van der Waals surface area (Å²) >= 11 is 3.51. The first kappa shape index (κ1) is 22.5. The molecule has 0 aromatic heterocycles. The molecule has 1 amide bonds. The summed E-state index contributed by atoms with van der Waals surface area (Å²) < 4.78 is 17.1. The average molecular weight is 486 g/mol. The fourth-order valence-electron chi connectivity index (χ4n) is 2.86. The van der Waals surface area contributed by atoms with Crippen LogP contribution in [-0.4, -0.2) is 26.7 Å². The van der Waals surface area contributed by atoms with Crippen molar-refractivity contribution in [3.05, 3.63) is 76.8 Å². The maximum absolute atomic E-state index is 12.3. The molecule has 0 radical (unpaired) electrons. The number of para-hydroxylation sites is 3. The summed E-state index contributed by atoms with van der Waals surface area (Å²) in [5, 5.41) is 2.78. The fourth-order valence-corrected chi connectivity index (χ4v) is 3.46. The second-order valence-electron chi connectivity index (χ2n) is 6.49. The number of carbonyl (C=O) groups excluding carboxylic acids is 1. The number of halogens is 1. The Hall–Kier alpha value is -3.23. The lowest BCUT2D eigenvalue weighted by atomic mass is 10.2. The Morgan fingerprint density at radius 3 is 2.39 bits per heavy atom. The minimum absolute atomic E-state index is 0.180. The van der Waals surface area contributed by atoms with E-state index in [-0.39, 0.29) is 12.5 Å². The quantitative estimate of drug-likeness (QED) is 0.364. The highest BCUT2D eigenvalue weighted by Crippen LogP contribution is 2.36. The number of hydrazine groups is 1. The van der Waals surface area contributed by atoms with Gasteiger partial charge in [0.05, 0.1) is 24.4 Å². The number of ether oxygens (including phenoxy) is 3. The number of nitrogens with one attached hydrogen (secondary N) is 3. The van der Waals surface area contributed by atoms with Crippen molar-refractivity contribution in [2.75, 3.05) is 31.6 Å². The third-order valence-electron chi connectivity index (χ3n) is 4.32. The second kappa shape index (κ2) is 11.2. The Bertz CT molecular complexity index is 1010.